The third kappa shape index (κ3) is 4.21. The lowest BCUT2D eigenvalue weighted by Crippen LogP contribution is -2.32. The molecule has 0 aliphatic carbocycles. The third-order valence-electron chi connectivity index (χ3n) is 2.75. The second-order valence-electron chi connectivity index (χ2n) is 5.02. The number of aliphatic hydroxyl groups excluding tert-OH is 1. The molecule has 0 saturated heterocycles. The van der Waals surface area contributed by atoms with Crippen LogP contribution in [0, 0.1) is 5.41 Å². The highest BCUT2D eigenvalue weighted by molar-refractivity contribution is 9.10. The smallest absolute Gasteiger partial charge is 0.314 e. The summed E-state index contributed by atoms with van der Waals surface area (Å²) in [5.41, 5.74) is -0.0589. The number of carbonyl (C=O) groups is 1. The van der Waals surface area contributed by atoms with E-state index in [1.807, 2.05) is 6.07 Å². The van der Waals surface area contributed by atoms with Crippen LogP contribution >= 0.6 is 15.9 Å². The summed E-state index contributed by atoms with van der Waals surface area (Å²) in [6.45, 7) is 5.34. The van der Waals surface area contributed by atoms with Gasteiger partial charge in [0.25, 0.3) is 0 Å². The molecule has 4 nitrogen and oxygen atoms in total. The van der Waals surface area contributed by atoms with Crippen molar-refractivity contribution in [3.8, 4) is 5.75 Å². The Bertz CT molecular complexity index is 455. The molecule has 0 bridgehead atoms. The fraction of sp³-hybridized carbons (Fsp3) is 0.500. The maximum absolute atomic E-state index is 11.6. The van der Waals surface area contributed by atoms with Gasteiger partial charge in [-0.1, -0.05) is 22.0 Å². The van der Waals surface area contributed by atoms with E-state index in [2.05, 4.69) is 15.9 Å². The average molecular weight is 331 g/mol. The summed E-state index contributed by atoms with van der Waals surface area (Å²) in [6, 6.07) is 5.39. The normalized spacial score (nSPS) is 12.9. The van der Waals surface area contributed by atoms with Crippen molar-refractivity contribution < 1.29 is 19.4 Å². The zero-order chi connectivity index (χ0) is 14.6. The molecule has 0 spiro atoms. The fourth-order valence-corrected chi connectivity index (χ4v) is 1.91. The maximum atomic E-state index is 11.6. The molecule has 5 heteroatoms. The van der Waals surface area contributed by atoms with Crippen molar-refractivity contribution in [2.45, 2.75) is 26.9 Å². The summed E-state index contributed by atoms with van der Waals surface area (Å²) in [5.74, 6) is 0.224. The van der Waals surface area contributed by atoms with Crippen molar-refractivity contribution in [1.29, 1.82) is 0 Å². The number of hydrogen-bond donors (Lipinski definition) is 1. The highest BCUT2D eigenvalue weighted by Crippen LogP contribution is 2.30. The van der Waals surface area contributed by atoms with E-state index in [1.54, 1.807) is 32.9 Å². The molecule has 1 rings (SSSR count). The first-order valence-corrected chi connectivity index (χ1v) is 6.76. The maximum Gasteiger partial charge on any atom is 0.314 e. The van der Waals surface area contributed by atoms with Gasteiger partial charge in [0.15, 0.2) is 0 Å². The van der Waals surface area contributed by atoms with Crippen molar-refractivity contribution in [3.63, 3.8) is 0 Å². The zero-order valence-corrected chi connectivity index (χ0v) is 13.2. The minimum atomic E-state index is -0.743. The molecule has 19 heavy (non-hydrogen) atoms. The van der Waals surface area contributed by atoms with Crippen molar-refractivity contribution in [2.75, 3.05) is 13.7 Å². The van der Waals surface area contributed by atoms with E-state index < -0.39 is 11.5 Å². The van der Waals surface area contributed by atoms with E-state index in [0.29, 0.717) is 11.3 Å². The molecular formula is C14H19BrO4. The zero-order valence-electron chi connectivity index (χ0n) is 11.6. The van der Waals surface area contributed by atoms with Crippen LogP contribution in [0.5, 0.6) is 5.75 Å². The standard InChI is InChI=1S/C14H19BrO4/c1-9(16)11-6-5-10(15)7-12(11)19-8-14(2,3)13(17)18-4/h5-7,9,16H,8H2,1-4H3/t9-/m0/s1. The van der Waals surface area contributed by atoms with E-state index >= 15 is 0 Å². The van der Waals surface area contributed by atoms with Gasteiger partial charge in [-0.15, -0.1) is 0 Å². The van der Waals surface area contributed by atoms with Crippen molar-refractivity contribution in [1.82, 2.24) is 0 Å². The Labute approximate surface area is 121 Å². The quantitative estimate of drug-likeness (QED) is 0.843. The van der Waals surface area contributed by atoms with Gasteiger partial charge in [-0.25, -0.2) is 0 Å². The Kier molecular flexibility index (Phi) is 5.38. The minimum Gasteiger partial charge on any atom is -0.492 e. The lowest BCUT2D eigenvalue weighted by Gasteiger charge is -2.23. The fourth-order valence-electron chi connectivity index (χ4n) is 1.57. The van der Waals surface area contributed by atoms with Gasteiger partial charge in [-0.05, 0) is 32.9 Å². The average Bonchev–Trinajstić information content (AvgIpc) is 2.35. The van der Waals surface area contributed by atoms with Crippen LogP contribution in [-0.2, 0) is 9.53 Å². The second kappa shape index (κ2) is 6.39. The Morgan fingerprint density at radius 3 is 2.63 bits per heavy atom. The molecule has 0 amide bonds. The molecule has 0 aromatic heterocycles. The summed E-state index contributed by atoms with van der Waals surface area (Å²) in [4.78, 5) is 11.6. The van der Waals surface area contributed by atoms with Crippen LogP contribution in [-0.4, -0.2) is 24.8 Å². The summed E-state index contributed by atoms with van der Waals surface area (Å²) >= 11 is 3.36. The lowest BCUT2D eigenvalue weighted by molar-refractivity contribution is -0.152. The van der Waals surface area contributed by atoms with E-state index in [0.717, 1.165) is 4.47 Å². The monoisotopic (exact) mass is 330 g/mol. The number of ether oxygens (including phenoxy) is 2. The van der Waals surface area contributed by atoms with Crippen molar-refractivity contribution >= 4 is 21.9 Å². The van der Waals surface area contributed by atoms with Crippen LogP contribution in [0.3, 0.4) is 0 Å². The second-order valence-corrected chi connectivity index (χ2v) is 5.94. The summed E-state index contributed by atoms with van der Waals surface area (Å²) < 4.78 is 11.3. The Morgan fingerprint density at radius 2 is 2.11 bits per heavy atom. The Hall–Kier alpha value is -1.07. The van der Waals surface area contributed by atoms with Gasteiger partial charge in [0.05, 0.1) is 18.6 Å². The number of carbonyl (C=O) groups excluding carboxylic acids is 1. The van der Waals surface area contributed by atoms with E-state index in [1.165, 1.54) is 7.11 Å². The minimum absolute atomic E-state index is 0.176. The first-order valence-electron chi connectivity index (χ1n) is 5.96. The molecule has 0 aliphatic rings. The molecule has 0 unspecified atom stereocenters. The van der Waals surface area contributed by atoms with E-state index in [9.17, 15) is 9.90 Å². The highest BCUT2D eigenvalue weighted by atomic mass is 79.9. The summed E-state index contributed by atoms with van der Waals surface area (Å²) in [6.07, 6.45) is -0.635. The van der Waals surface area contributed by atoms with Gasteiger partial charge in [0.2, 0.25) is 0 Å². The SMILES string of the molecule is COC(=O)C(C)(C)COc1cc(Br)ccc1[C@H](C)O. The van der Waals surface area contributed by atoms with Gasteiger partial charge in [-0.3, -0.25) is 4.79 Å². The number of aliphatic hydroxyl groups is 1. The summed E-state index contributed by atoms with van der Waals surface area (Å²) in [7, 11) is 1.35. The molecule has 0 aliphatic heterocycles. The lowest BCUT2D eigenvalue weighted by atomic mass is 9.95. The number of rotatable bonds is 5. The molecule has 0 radical (unpaired) electrons. The Balaban J connectivity index is 2.88. The molecule has 0 saturated carbocycles. The number of halogens is 1. The molecule has 1 aromatic rings. The van der Waals surface area contributed by atoms with Crippen LogP contribution in [0.4, 0.5) is 0 Å². The molecular weight excluding hydrogens is 312 g/mol. The van der Waals surface area contributed by atoms with Gasteiger partial charge in [0.1, 0.15) is 12.4 Å². The number of benzene rings is 1. The first-order chi connectivity index (χ1) is 8.77. The molecule has 106 valence electrons. The first kappa shape index (κ1) is 16.0. The van der Waals surface area contributed by atoms with Gasteiger partial charge >= 0.3 is 5.97 Å². The third-order valence-corrected chi connectivity index (χ3v) is 3.25. The van der Waals surface area contributed by atoms with Crippen LogP contribution in [0.1, 0.15) is 32.4 Å². The molecule has 0 fully saturated rings. The number of esters is 1. The predicted molar refractivity (Wildman–Crippen MR) is 76.1 cm³/mol. The largest absolute Gasteiger partial charge is 0.492 e. The van der Waals surface area contributed by atoms with Gasteiger partial charge in [-0.2, -0.15) is 0 Å². The molecule has 1 atom stereocenters. The topological polar surface area (TPSA) is 55.8 Å². The van der Waals surface area contributed by atoms with Gasteiger partial charge < -0.3 is 14.6 Å². The molecule has 1 N–H and O–H groups in total. The summed E-state index contributed by atoms with van der Waals surface area (Å²) in [5, 5.41) is 9.69. The van der Waals surface area contributed by atoms with Crippen LogP contribution < -0.4 is 4.74 Å². The van der Waals surface area contributed by atoms with Crippen LogP contribution in [0.2, 0.25) is 0 Å². The predicted octanol–water partition coefficient (Wildman–Crippen LogP) is 3.08. The van der Waals surface area contributed by atoms with Crippen molar-refractivity contribution in [3.05, 3.63) is 28.2 Å². The number of hydrogen-bond acceptors (Lipinski definition) is 4. The highest BCUT2D eigenvalue weighted by Gasteiger charge is 2.30. The van der Waals surface area contributed by atoms with E-state index in [4.69, 9.17) is 9.47 Å². The van der Waals surface area contributed by atoms with Crippen molar-refractivity contribution in [2.24, 2.45) is 5.41 Å². The van der Waals surface area contributed by atoms with E-state index in [-0.39, 0.29) is 12.6 Å². The van der Waals surface area contributed by atoms with Crippen LogP contribution in [0.25, 0.3) is 0 Å². The molecule has 0 heterocycles. The molecule has 1 aromatic carbocycles. The van der Waals surface area contributed by atoms with Crippen LogP contribution in [0.15, 0.2) is 22.7 Å². The van der Waals surface area contributed by atoms with Gasteiger partial charge in [0, 0.05) is 10.0 Å². The number of methoxy groups -OCH3 is 1. The Morgan fingerprint density at radius 1 is 1.47 bits per heavy atom.